The Labute approximate surface area is 154 Å². The molecule has 1 aromatic heterocycles. The van der Waals surface area contributed by atoms with E-state index in [1.54, 1.807) is 10.9 Å². The van der Waals surface area contributed by atoms with Crippen molar-refractivity contribution in [3.8, 4) is 22.7 Å². The van der Waals surface area contributed by atoms with E-state index in [0.717, 1.165) is 30.4 Å². The molecule has 4 heteroatoms. The topological polar surface area (TPSA) is 44.1 Å². The summed E-state index contributed by atoms with van der Waals surface area (Å²) in [6.07, 6.45) is 7.01. The molecule has 0 aliphatic rings. The van der Waals surface area contributed by atoms with Crippen LogP contribution in [-0.2, 0) is 0 Å². The first kappa shape index (κ1) is 17.9. The van der Waals surface area contributed by atoms with Gasteiger partial charge in [-0.25, -0.2) is 4.68 Å². The van der Waals surface area contributed by atoms with Crippen LogP contribution in [0.5, 0.6) is 5.88 Å². The second-order valence-corrected chi connectivity index (χ2v) is 6.27. The summed E-state index contributed by atoms with van der Waals surface area (Å²) in [4.78, 5) is 11.3. The van der Waals surface area contributed by atoms with Crippen LogP contribution in [0, 0.1) is 0 Å². The third kappa shape index (κ3) is 4.39. The van der Waals surface area contributed by atoms with E-state index in [4.69, 9.17) is 4.74 Å². The highest BCUT2D eigenvalue weighted by atomic mass is 16.5. The van der Waals surface area contributed by atoms with Crippen molar-refractivity contribution < 1.29 is 9.53 Å². The molecular weight excluding hydrogens is 324 g/mol. The quantitative estimate of drug-likeness (QED) is 0.389. The number of nitrogens with zero attached hydrogens (tertiary/aromatic N) is 2. The third-order valence-electron chi connectivity index (χ3n) is 4.31. The molecule has 0 saturated carbocycles. The molecule has 3 rings (SSSR count). The van der Waals surface area contributed by atoms with E-state index in [2.05, 4.69) is 36.3 Å². The Balaban J connectivity index is 1.72. The van der Waals surface area contributed by atoms with Gasteiger partial charge in [0, 0.05) is 6.20 Å². The van der Waals surface area contributed by atoms with Gasteiger partial charge in [-0.15, -0.1) is 5.10 Å². The number of hydrogen-bond donors (Lipinski definition) is 0. The normalized spacial score (nSPS) is 10.7. The Morgan fingerprint density at radius 1 is 0.962 bits per heavy atom. The molecule has 0 radical (unpaired) electrons. The summed E-state index contributed by atoms with van der Waals surface area (Å²) in [5.41, 5.74) is 3.69. The Morgan fingerprint density at radius 3 is 2.38 bits per heavy atom. The first-order valence-corrected chi connectivity index (χ1v) is 9.15. The van der Waals surface area contributed by atoms with Gasteiger partial charge in [0.15, 0.2) is 6.29 Å². The average molecular weight is 348 g/mol. The van der Waals surface area contributed by atoms with Crippen molar-refractivity contribution in [3.63, 3.8) is 0 Å². The van der Waals surface area contributed by atoms with Crippen LogP contribution in [0.1, 0.15) is 43.0 Å². The second kappa shape index (κ2) is 8.99. The van der Waals surface area contributed by atoms with Crippen LogP contribution < -0.4 is 4.74 Å². The second-order valence-electron chi connectivity index (χ2n) is 6.27. The fourth-order valence-corrected chi connectivity index (χ4v) is 2.83. The van der Waals surface area contributed by atoms with Crippen molar-refractivity contribution in [3.05, 3.63) is 66.4 Å². The lowest BCUT2D eigenvalue weighted by molar-refractivity contribution is 0.111. The van der Waals surface area contributed by atoms with Gasteiger partial charge in [-0.3, -0.25) is 4.79 Å². The standard InChI is InChI=1S/C22H24N2O2/c1-2-3-4-8-15-26-22-20(17-25)16-24(23-22)21-13-11-19(12-14-21)18-9-6-5-7-10-18/h5-7,9-14,16-17H,2-4,8,15H2,1H3. The largest absolute Gasteiger partial charge is 0.476 e. The molecular formula is C22H24N2O2. The lowest BCUT2D eigenvalue weighted by atomic mass is 10.1. The molecule has 0 saturated heterocycles. The van der Waals surface area contributed by atoms with Crippen molar-refractivity contribution >= 4 is 6.29 Å². The first-order chi connectivity index (χ1) is 12.8. The van der Waals surface area contributed by atoms with Gasteiger partial charge < -0.3 is 4.74 Å². The average Bonchev–Trinajstić information content (AvgIpc) is 3.12. The summed E-state index contributed by atoms with van der Waals surface area (Å²) in [5, 5.41) is 4.43. The van der Waals surface area contributed by atoms with Crippen LogP contribution in [0.15, 0.2) is 60.8 Å². The molecule has 0 aliphatic carbocycles. The highest BCUT2D eigenvalue weighted by Crippen LogP contribution is 2.22. The molecule has 0 atom stereocenters. The minimum atomic E-state index is 0.406. The van der Waals surface area contributed by atoms with Gasteiger partial charge in [-0.2, -0.15) is 0 Å². The molecule has 0 aliphatic heterocycles. The molecule has 26 heavy (non-hydrogen) atoms. The number of aldehydes is 1. The van der Waals surface area contributed by atoms with Gasteiger partial charge in [0.1, 0.15) is 0 Å². The molecule has 0 amide bonds. The van der Waals surface area contributed by atoms with Crippen LogP contribution in [0.3, 0.4) is 0 Å². The van der Waals surface area contributed by atoms with Gasteiger partial charge >= 0.3 is 0 Å². The van der Waals surface area contributed by atoms with Gasteiger partial charge in [-0.05, 0) is 29.7 Å². The number of hydrogen-bond acceptors (Lipinski definition) is 3. The van der Waals surface area contributed by atoms with Crippen LogP contribution >= 0.6 is 0 Å². The number of aromatic nitrogens is 2. The summed E-state index contributed by atoms with van der Waals surface area (Å²) in [7, 11) is 0. The van der Waals surface area contributed by atoms with Crippen molar-refractivity contribution in [1.29, 1.82) is 0 Å². The zero-order valence-electron chi connectivity index (χ0n) is 15.1. The predicted molar refractivity (Wildman–Crippen MR) is 104 cm³/mol. The minimum Gasteiger partial charge on any atom is -0.476 e. The number of unbranched alkanes of at least 4 members (excludes halogenated alkanes) is 3. The predicted octanol–water partition coefficient (Wildman–Crippen LogP) is 5.31. The van der Waals surface area contributed by atoms with Gasteiger partial charge in [0.25, 0.3) is 0 Å². The molecule has 0 N–H and O–H groups in total. The molecule has 1 heterocycles. The molecule has 0 bridgehead atoms. The highest BCUT2D eigenvalue weighted by molar-refractivity contribution is 5.78. The zero-order chi connectivity index (χ0) is 18.2. The maximum absolute atomic E-state index is 11.3. The highest BCUT2D eigenvalue weighted by Gasteiger charge is 2.11. The molecule has 0 unspecified atom stereocenters. The Morgan fingerprint density at radius 2 is 1.69 bits per heavy atom. The fourth-order valence-electron chi connectivity index (χ4n) is 2.83. The maximum atomic E-state index is 11.3. The van der Waals surface area contributed by atoms with Crippen molar-refractivity contribution in [2.24, 2.45) is 0 Å². The van der Waals surface area contributed by atoms with Crippen LogP contribution in [0.2, 0.25) is 0 Å². The first-order valence-electron chi connectivity index (χ1n) is 9.15. The zero-order valence-corrected chi connectivity index (χ0v) is 15.1. The van der Waals surface area contributed by atoms with Crippen molar-refractivity contribution in [2.75, 3.05) is 6.61 Å². The lowest BCUT2D eigenvalue weighted by Gasteiger charge is -2.05. The van der Waals surface area contributed by atoms with Gasteiger partial charge in [0.05, 0.1) is 17.9 Å². The molecule has 0 fully saturated rings. The summed E-state index contributed by atoms with van der Waals surface area (Å²) >= 11 is 0. The Hall–Kier alpha value is -2.88. The maximum Gasteiger partial charge on any atom is 0.243 e. The van der Waals surface area contributed by atoms with E-state index in [9.17, 15) is 4.79 Å². The lowest BCUT2D eigenvalue weighted by Crippen LogP contribution is -2.00. The fraction of sp³-hybridized carbons (Fsp3) is 0.273. The van der Waals surface area contributed by atoms with E-state index < -0.39 is 0 Å². The Kier molecular flexibility index (Phi) is 6.20. The van der Waals surface area contributed by atoms with Crippen LogP contribution in [0.25, 0.3) is 16.8 Å². The van der Waals surface area contributed by atoms with E-state index in [0.29, 0.717) is 18.1 Å². The minimum absolute atomic E-state index is 0.406. The van der Waals surface area contributed by atoms with E-state index in [-0.39, 0.29) is 0 Å². The number of rotatable bonds is 9. The van der Waals surface area contributed by atoms with Crippen LogP contribution in [-0.4, -0.2) is 22.7 Å². The van der Waals surface area contributed by atoms with E-state index >= 15 is 0 Å². The molecule has 4 nitrogen and oxygen atoms in total. The summed E-state index contributed by atoms with van der Waals surface area (Å²) in [6, 6.07) is 18.3. The van der Waals surface area contributed by atoms with Gasteiger partial charge in [-0.1, -0.05) is 68.7 Å². The van der Waals surface area contributed by atoms with E-state index in [1.807, 2.05) is 30.3 Å². The molecule has 0 spiro atoms. The number of carbonyl (C=O) groups excluding carboxylic acids is 1. The number of carbonyl (C=O) groups is 1. The van der Waals surface area contributed by atoms with E-state index in [1.165, 1.54) is 18.4 Å². The molecule has 2 aromatic carbocycles. The number of ether oxygens (including phenoxy) is 1. The molecule has 3 aromatic rings. The Bertz CT molecular complexity index is 823. The summed E-state index contributed by atoms with van der Waals surface area (Å²) in [5.74, 6) is 0.406. The van der Waals surface area contributed by atoms with Crippen molar-refractivity contribution in [2.45, 2.75) is 32.6 Å². The SMILES string of the molecule is CCCCCCOc1nn(-c2ccc(-c3ccccc3)cc2)cc1C=O. The third-order valence-corrected chi connectivity index (χ3v) is 4.31. The van der Waals surface area contributed by atoms with Gasteiger partial charge in [0.2, 0.25) is 5.88 Å². The smallest absolute Gasteiger partial charge is 0.243 e. The van der Waals surface area contributed by atoms with Crippen molar-refractivity contribution in [1.82, 2.24) is 9.78 Å². The summed E-state index contributed by atoms with van der Waals surface area (Å²) in [6.45, 7) is 2.76. The van der Waals surface area contributed by atoms with Crippen LogP contribution in [0.4, 0.5) is 0 Å². The molecule has 134 valence electrons. The monoisotopic (exact) mass is 348 g/mol. The number of benzene rings is 2. The summed E-state index contributed by atoms with van der Waals surface area (Å²) < 4.78 is 7.40.